The van der Waals surface area contributed by atoms with Crippen LogP contribution in [0.5, 0.6) is 11.6 Å². The van der Waals surface area contributed by atoms with Crippen molar-refractivity contribution in [1.82, 2.24) is 25.0 Å². The van der Waals surface area contributed by atoms with Gasteiger partial charge in [0.05, 0.1) is 17.3 Å². The molecule has 150 valence electrons. The third-order valence-corrected chi connectivity index (χ3v) is 5.07. The van der Waals surface area contributed by atoms with Gasteiger partial charge in [-0.25, -0.2) is 9.89 Å². The largest absolute Gasteiger partial charge is 0.436 e. The Bertz CT molecular complexity index is 1240. The molecular weight excluding hydrogens is 402 g/mol. The van der Waals surface area contributed by atoms with Gasteiger partial charge in [0.15, 0.2) is 5.69 Å². The second-order valence-corrected chi connectivity index (χ2v) is 7.02. The highest BCUT2D eigenvalue weighted by Crippen LogP contribution is 2.36. The molecule has 1 aliphatic rings. The summed E-state index contributed by atoms with van der Waals surface area (Å²) in [5, 5.41) is 19.5. The molecule has 3 N–H and O–H groups in total. The summed E-state index contributed by atoms with van der Waals surface area (Å²) in [6.45, 7) is -0.619. The summed E-state index contributed by atoms with van der Waals surface area (Å²) in [5.41, 5.74) is -1.07. The van der Waals surface area contributed by atoms with E-state index in [1.165, 1.54) is 18.2 Å². The first kappa shape index (κ1) is 19.1. The predicted molar refractivity (Wildman–Crippen MR) is 103 cm³/mol. The molecule has 10 nitrogen and oxygen atoms in total. The van der Waals surface area contributed by atoms with Gasteiger partial charge in [-0.1, -0.05) is 18.0 Å². The molecule has 1 fully saturated rings. The molecule has 1 saturated carbocycles. The zero-order valence-corrected chi connectivity index (χ0v) is 15.8. The van der Waals surface area contributed by atoms with Crippen LogP contribution in [0.15, 0.2) is 38.6 Å². The molecule has 0 aliphatic heterocycles. The summed E-state index contributed by atoms with van der Waals surface area (Å²) in [6, 6.07) is 6.04. The minimum Gasteiger partial charge on any atom is -0.436 e. The molecule has 2 heterocycles. The van der Waals surface area contributed by atoms with Gasteiger partial charge in [0.25, 0.3) is 11.1 Å². The number of hydrogen-bond acceptors (Lipinski definition) is 7. The number of rotatable bonds is 5. The SMILES string of the molecule is O=c1[nH]nc(Oc2ccc(-n3nc(CO)c(=O)[nH]c3=O)cc2Cl)cc1C1CCC1. The molecule has 3 aromatic rings. The highest BCUT2D eigenvalue weighted by atomic mass is 35.5. The van der Waals surface area contributed by atoms with Gasteiger partial charge in [-0.3, -0.25) is 14.6 Å². The van der Waals surface area contributed by atoms with Gasteiger partial charge in [0, 0.05) is 11.6 Å². The summed E-state index contributed by atoms with van der Waals surface area (Å²) >= 11 is 6.27. The molecule has 0 bridgehead atoms. The molecule has 0 saturated heterocycles. The van der Waals surface area contributed by atoms with E-state index in [1.807, 2.05) is 0 Å². The van der Waals surface area contributed by atoms with Gasteiger partial charge in [-0.15, -0.1) is 5.10 Å². The van der Waals surface area contributed by atoms with E-state index in [0.717, 1.165) is 23.9 Å². The second kappa shape index (κ2) is 7.64. The van der Waals surface area contributed by atoms with E-state index in [0.29, 0.717) is 5.56 Å². The molecule has 1 aromatic carbocycles. The van der Waals surface area contributed by atoms with Crippen LogP contribution < -0.4 is 21.5 Å². The van der Waals surface area contributed by atoms with Gasteiger partial charge in [0.1, 0.15) is 5.75 Å². The van der Waals surface area contributed by atoms with Crippen LogP contribution in [0.25, 0.3) is 5.69 Å². The number of aromatic nitrogens is 5. The van der Waals surface area contributed by atoms with Crippen molar-refractivity contribution in [3.05, 3.63) is 71.7 Å². The van der Waals surface area contributed by atoms with Crippen LogP contribution >= 0.6 is 11.6 Å². The average Bonchev–Trinajstić information content (AvgIpc) is 2.65. The maximum atomic E-state index is 12.0. The lowest BCUT2D eigenvalue weighted by Crippen LogP contribution is -2.34. The van der Waals surface area contributed by atoms with E-state index < -0.39 is 17.9 Å². The first-order chi connectivity index (χ1) is 14.0. The number of halogens is 1. The highest BCUT2D eigenvalue weighted by molar-refractivity contribution is 6.32. The Morgan fingerprint density at radius 3 is 2.66 bits per heavy atom. The van der Waals surface area contributed by atoms with E-state index in [9.17, 15) is 19.5 Å². The maximum absolute atomic E-state index is 12.0. The summed E-state index contributed by atoms with van der Waals surface area (Å²) in [6.07, 6.45) is 3.00. The van der Waals surface area contributed by atoms with Crippen molar-refractivity contribution >= 4 is 11.6 Å². The van der Waals surface area contributed by atoms with Gasteiger partial charge >= 0.3 is 5.69 Å². The van der Waals surface area contributed by atoms with Crippen molar-refractivity contribution in [2.24, 2.45) is 0 Å². The molecule has 0 spiro atoms. The van der Waals surface area contributed by atoms with Crippen LogP contribution in [0.2, 0.25) is 5.02 Å². The molecule has 0 atom stereocenters. The fourth-order valence-electron chi connectivity index (χ4n) is 3.01. The maximum Gasteiger partial charge on any atom is 0.349 e. The lowest BCUT2D eigenvalue weighted by atomic mass is 9.81. The minimum atomic E-state index is -0.774. The second-order valence-electron chi connectivity index (χ2n) is 6.61. The molecule has 0 unspecified atom stereocenters. The van der Waals surface area contributed by atoms with Crippen LogP contribution in [0, 0.1) is 0 Å². The Kier molecular flexibility index (Phi) is 5.03. The van der Waals surface area contributed by atoms with Gasteiger partial charge in [-0.05, 0) is 37.0 Å². The van der Waals surface area contributed by atoms with Crippen molar-refractivity contribution in [3.63, 3.8) is 0 Å². The van der Waals surface area contributed by atoms with E-state index in [2.05, 4.69) is 20.3 Å². The minimum absolute atomic E-state index is 0.158. The summed E-state index contributed by atoms with van der Waals surface area (Å²) in [7, 11) is 0. The van der Waals surface area contributed by atoms with Gasteiger partial charge in [0.2, 0.25) is 5.88 Å². The Morgan fingerprint density at radius 2 is 2.00 bits per heavy atom. The number of aromatic amines is 2. The normalized spacial score (nSPS) is 13.9. The van der Waals surface area contributed by atoms with Gasteiger partial charge < -0.3 is 9.84 Å². The van der Waals surface area contributed by atoms with Crippen molar-refractivity contribution < 1.29 is 9.84 Å². The molecule has 1 aliphatic carbocycles. The molecular formula is C18H16ClN5O5. The number of aliphatic hydroxyl groups excluding tert-OH is 1. The zero-order chi connectivity index (χ0) is 20.5. The third-order valence-electron chi connectivity index (χ3n) is 4.77. The van der Waals surface area contributed by atoms with Crippen LogP contribution in [0.3, 0.4) is 0 Å². The van der Waals surface area contributed by atoms with E-state index in [1.54, 1.807) is 6.07 Å². The lowest BCUT2D eigenvalue weighted by Gasteiger charge is -2.24. The third kappa shape index (κ3) is 3.71. The van der Waals surface area contributed by atoms with Crippen LogP contribution in [0.1, 0.15) is 36.4 Å². The molecule has 4 rings (SSSR count). The number of hydrogen-bond donors (Lipinski definition) is 3. The molecule has 29 heavy (non-hydrogen) atoms. The van der Waals surface area contributed by atoms with E-state index in [-0.39, 0.29) is 39.5 Å². The molecule has 2 aromatic heterocycles. The Labute approximate surface area is 167 Å². The first-order valence-electron chi connectivity index (χ1n) is 8.87. The number of H-pyrrole nitrogens is 2. The van der Waals surface area contributed by atoms with Crippen molar-refractivity contribution in [3.8, 4) is 17.3 Å². The standard InChI is InChI=1S/C18H16ClN5O5/c19-12-6-10(24-18(28)20-17(27)13(8-25)23-24)4-5-14(12)29-15-7-11(9-2-1-3-9)16(26)22-21-15/h4-7,9,25H,1-3,8H2,(H,22,26)(H,20,27,28). The summed E-state index contributed by atoms with van der Waals surface area (Å²) in [4.78, 5) is 37.6. The monoisotopic (exact) mass is 417 g/mol. The number of ether oxygens (including phenoxy) is 1. The van der Waals surface area contributed by atoms with E-state index >= 15 is 0 Å². The van der Waals surface area contributed by atoms with Crippen LogP contribution in [-0.2, 0) is 6.61 Å². The predicted octanol–water partition coefficient (Wildman–Crippen LogP) is 1.21. The van der Waals surface area contributed by atoms with Crippen molar-refractivity contribution in [2.45, 2.75) is 31.8 Å². The lowest BCUT2D eigenvalue weighted by molar-refractivity contribution is 0.271. The number of benzene rings is 1. The van der Waals surface area contributed by atoms with Crippen molar-refractivity contribution in [2.75, 3.05) is 0 Å². The average molecular weight is 418 g/mol. The number of nitrogens with one attached hydrogen (secondary N) is 2. The molecule has 0 radical (unpaired) electrons. The smallest absolute Gasteiger partial charge is 0.349 e. The fraction of sp³-hybridized carbons (Fsp3) is 0.278. The van der Waals surface area contributed by atoms with Crippen LogP contribution in [0.4, 0.5) is 0 Å². The van der Waals surface area contributed by atoms with Crippen molar-refractivity contribution in [1.29, 1.82) is 0 Å². The number of aliphatic hydroxyl groups is 1. The topological polar surface area (TPSA) is 143 Å². The highest BCUT2D eigenvalue weighted by Gasteiger charge is 2.23. The Morgan fingerprint density at radius 1 is 1.21 bits per heavy atom. The Hall–Kier alpha value is -3.24. The zero-order valence-electron chi connectivity index (χ0n) is 15.0. The summed E-state index contributed by atoms with van der Waals surface area (Å²) < 4.78 is 6.60. The summed E-state index contributed by atoms with van der Waals surface area (Å²) in [5.74, 6) is 0.665. The fourth-order valence-corrected chi connectivity index (χ4v) is 3.22. The quantitative estimate of drug-likeness (QED) is 0.566. The molecule has 0 amide bonds. The Balaban J connectivity index is 1.64. The first-order valence-corrected chi connectivity index (χ1v) is 9.25. The van der Waals surface area contributed by atoms with E-state index in [4.69, 9.17) is 16.3 Å². The molecule has 11 heteroatoms. The number of nitrogens with zero attached hydrogens (tertiary/aromatic N) is 3. The van der Waals surface area contributed by atoms with Crippen LogP contribution in [-0.4, -0.2) is 30.1 Å². The van der Waals surface area contributed by atoms with Gasteiger partial charge in [-0.2, -0.15) is 9.78 Å².